The van der Waals surface area contributed by atoms with Crippen molar-refractivity contribution < 1.29 is 5.11 Å². The van der Waals surface area contributed by atoms with Crippen LogP contribution in [0.3, 0.4) is 0 Å². The molecule has 1 atom stereocenters. The van der Waals surface area contributed by atoms with E-state index in [0.29, 0.717) is 5.33 Å². The summed E-state index contributed by atoms with van der Waals surface area (Å²) in [6.45, 7) is 6.55. The highest BCUT2D eigenvalue weighted by atomic mass is 79.9. The molecule has 0 aliphatic heterocycles. The Kier molecular flexibility index (Phi) is 3.73. The summed E-state index contributed by atoms with van der Waals surface area (Å²) in [4.78, 5) is 0. The van der Waals surface area contributed by atoms with Crippen LogP contribution in [0.5, 0.6) is 0 Å². The Labute approximate surface area is 94.3 Å². The van der Waals surface area contributed by atoms with E-state index in [-0.39, 0.29) is 5.41 Å². The van der Waals surface area contributed by atoms with Gasteiger partial charge in [0.15, 0.2) is 0 Å². The molecule has 1 nitrogen and oxygen atoms in total. The van der Waals surface area contributed by atoms with Crippen molar-refractivity contribution in [1.82, 2.24) is 0 Å². The molecule has 0 saturated heterocycles. The number of aliphatic hydroxyl groups excluding tert-OH is 1. The van der Waals surface area contributed by atoms with Gasteiger partial charge in [0, 0.05) is 5.33 Å². The highest BCUT2D eigenvalue weighted by Crippen LogP contribution is 2.24. The zero-order chi connectivity index (χ0) is 10.8. The summed E-state index contributed by atoms with van der Waals surface area (Å²) in [5.74, 6) is 0. The monoisotopic (exact) mass is 256 g/mol. The van der Waals surface area contributed by atoms with Crippen molar-refractivity contribution in [3.8, 4) is 0 Å². The molecule has 2 heteroatoms. The average Bonchev–Trinajstić information content (AvgIpc) is 2.15. The van der Waals surface area contributed by atoms with E-state index in [9.17, 15) is 5.11 Å². The maximum Gasteiger partial charge on any atom is 0.0886 e. The first-order valence-electron chi connectivity index (χ1n) is 4.79. The Morgan fingerprint density at radius 3 is 2.07 bits per heavy atom. The van der Waals surface area contributed by atoms with Crippen LogP contribution in [0.2, 0.25) is 0 Å². The Bertz CT molecular complexity index is 284. The van der Waals surface area contributed by atoms with Crippen LogP contribution in [-0.2, 0) is 5.41 Å². The summed E-state index contributed by atoms with van der Waals surface area (Å²) in [6.07, 6.45) is -0.399. The lowest BCUT2D eigenvalue weighted by Gasteiger charge is -2.19. The normalized spacial score (nSPS) is 14.1. The van der Waals surface area contributed by atoms with Crippen LogP contribution in [0, 0.1) is 0 Å². The summed E-state index contributed by atoms with van der Waals surface area (Å²) in [5, 5.41) is 10.2. The first-order chi connectivity index (χ1) is 6.45. The quantitative estimate of drug-likeness (QED) is 0.805. The van der Waals surface area contributed by atoms with Crippen LogP contribution in [-0.4, -0.2) is 10.4 Å². The molecule has 78 valence electrons. The first kappa shape index (κ1) is 11.7. The standard InChI is InChI=1S/C12H17BrO/c1-12(2,3)10-6-4-9(5-7-10)11(14)8-13/h4-7,11,14H,8H2,1-3H3/t11-/m1/s1. The van der Waals surface area contributed by atoms with Crippen LogP contribution < -0.4 is 0 Å². The SMILES string of the molecule is CC(C)(C)c1ccc([C@H](O)CBr)cc1. The van der Waals surface area contributed by atoms with Gasteiger partial charge in [0.1, 0.15) is 0 Å². The van der Waals surface area contributed by atoms with E-state index in [1.807, 2.05) is 12.1 Å². The number of benzene rings is 1. The van der Waals surface area contributed by atoms with Gasteiger partial charge in [-0.2, -0.15) is 0 Å². The van der Waals surface area contributed by atoms with Crippen LogP contribution in [0.15, 0.2) is 24.3 Å². The number of rotatable bonds is 2. The molecule has 0 radical (unpaired) electrons. The molecular formula is C12H17BrO. The van der Waals surface area contributed by atoms with Crippen molar-refractivity contribution in [2.24, 2.45) is 0 Å². The zero-order valence-electron chi connectivity index (χ0n) is 8.92. The van der Waals surface area contributed by atoms with Crippen molar-refractivity contribution in [3.05, 3.63) is 35.4 Å². The minimum atomic E-state index is -0.399. The third kappa shape index (κ3) is 2.82. The van der Waals surface area contributed by atoms with Crippen LogP contribution >= 0.6 is 15.9 Å². The third-order valence-corrected chi connectivity index (χ3v) is 2.92. The van der Waals surface area contributed by atoms with E-state index >= 15 is 0 Å². The van der Waals surface area contributed by atoms with Crippen LogP contribution in [0.4, 0.5) is 0 Å². The number of alkyl halides is 1. The Morgan fingerprint density at radius 2 is 1.71 bits per heavy atom. The van der Waals surface area contributed by atoms with Gasteiger partial charge in [-0.05, 0) is 16.5 Å². The van der Waals surface area contributed by atoms with Gasteiger partial charge in [0.25, 0.3) is 0 Å². The van der Waals surface area contributed by atoms with Gasteiger partial charge in [0.05, 0.1) is 6.10 Å². The van der Waals surface area contributed by atoms with E-state index in [0.717, 1.165) is 5.56 Å². The van der Waals surface area contributed by atoms with Crippen molar-refractivity contribution in [1.29, 1.82) is 0 Å². The van der Waals surface area contributed by atoms with Gasteiger partial charge < -0.3 is 5.11 Å². The lowest BCUT2D eigenvalue weighted by atomic mass is 9.86. The van der Waals surface area contributed by atoms with Gasteiger partial charge in [-0.1, -0.05) is 61.0 Å². The summed E-state index contributed by atoms with van der Waals surface area (Å²) >= 11 is 3.26. The number of hydrogen-bond donors (Lipinski definition) is 1. The molecule has 0 spiro atoms. The van der Waals surface area contributed by atoms with Crippen LogP contribution in [0.25, 0.3) is 0 Å². The Balaban J connectivity index is 2.89. The van der Waals surface area contributed by atoms with E-state index < -0.39 is 6.10 Å². The van der Waals surface area contributed by atoms with Gasteiger partial charge in [-0.25, -0.2) is 0 Å². The molecule has 1 aromatic rings. The van der Waals surface area contributed by atoms with Crippen molar-refractivity contribution in [3.63, 3.8) is 0 Å². The minimum Gasteiger partial charge on any atom is -0.388 e. The molecule has 0 bridgehead atoms. The Hall–Kier alpha value is -0.340. The largest absolute Gasteiger partial charge is 0.388 e. The second kappa shape index (κ2) is 4.45. The smallest absolute Gasteiger partial charge is 0.0886 e. The van der Waals surface area contributed by atoms with E-state index in [1.165, 1.54) is 5.56 Å². The number of aliphatic hydroxyl groups is 1. The van der Waals surface area contributed by atoms with Gasteiger partial charge >= 0.3 is 0 Å². The highest BCUT2D eigenvalue weighted by molar-refractivity contribution is 9.09. The molecule has 14 heavy (non-hydrogen) atoms. The number of hydrogen-bond acceptors (Lipinski definition) is 1. The Morgan fingerprint density at radius 1 is 1.21 bits per heavy atom. The highest BCUT2D eigenvalue weighted by Gasteiger charge is 2.13. The van der Waals surface area contributed by atoms with Gasteiger partial charge in [0.2, 0.25) is 0 Å². The lowest BCUT2D eigenvalue weighted by molar-refractivity contribution is 0.205. The third-order valence-electron chi connectivity index (χ3n) is 2.31. The van der Waals surface area contributed by atoms with E-state index in [2.05, 4.69) is 48.8 Å². The maximum absolute atomic E-state index is 9.58. The summed E-state index contributed by atoms with van der Waals surface area (Å²) in [5.41, 5.74) is 2.44. The molecule has 0 fully saturated rings. The zero-order valence-corrected chi connectivity index (χ0v) is 10.5. The molecule has 1 aromatic carbocycles. The van der Waals surface area contributed by atoms with Crippen LogP contribution in [0.1, 0.15) is 38.0 Å². The molecule has 0 aliphatic rings. The van der Waals surface area contributed by atoms with Gasteiger partial charge in [-0.15, -0.1) is 0 Å². The van der Waals surface area contributed by atoms with Crippen molar-refractivity contribution in [2.45, 2.75) is 32.3 Å². The van der Waals surface area contributed by atoms with Crippen molar-refractivity contribution in [2.75, 3.05) is 5.33 Å². The summed E-state index contributed by atoms with van der Waals surface area (Å²) in [6, 6.07) is 8.15. The lowest BCUT2D eigenvalue weighted by Crippen LogP contribution is -2.11. The molecule has 1 rings (SSSR count). The first-order valence-corrected chi connectivity index (χ1v) is 5.92. The predicted octanol–water partition coefficient (Wildman–Crippen LogP) is 3.41. The molecule has 1 N–H and O–H groups in total. The molecule has 0 unspecified atom stereocenters. The molecule has 0 heterocycles. The molecular weight excluding hydrogens is 240 g/mol. The minimum absolute atomic E-state index is 0.178. The number of halogens is 1. The van der Waals surface area contributed by atoms with E-state index in [4.69, 9.17) is 0 Å². The molecule has 0 saturated carbocycles. The second-order valence-corrected chi connectivity index (χ2v) is 5.19. The molecule has 0 aliphatic carbocycles. The van der Waals surface area contributed by atoms with Crippen molar-refractivity contribution >= 4 is 15.9 Å². The second-order valence-electron chi connectivity index (χ2n) is 4.54. The van der Waals surface area contributed by atoms with Gasteiger partial charge in [-0.3, -0.25) is 0 Å². The molecule has 0 aromatic heterocycles. The fourth-order valence-electron chi connectivity index (χ4n) is 1.29. The van der Waals surface area contributed by atoms with E-state index in [1.54, 1.807) is 0 Å². The fraction of sp³-hybridized carbons (Fsp3) is 0.500. The maximum atomic E-state index is 9.58. The topological polar surface area (TPSA) is 20.2 Å². The summed E-state index contributed by atoms with van der Waals surface area (Å²) < 4.78 is 0. The fourth-order valence-corrected chi connectivity index (χ4v) is 1.67. The predicted molar refractivity (Wildman–Crippen MR) is 63.9 cm³/mol. The molecule has 0 amide bonds. The average molecular weight is 257 g/mol. The summed E-state index contributed by atoms with van der Waals surface area (Å²) in [7, 11) is 0.